The number of alkyl halides is 3. The predicted molar refractivity (Wildman–Crippen MR) is 131 cm³/mol. The first-order valence-corrected chi connectivity index (χ1v) is 11.8. The zero-order valence-electron chi connectivity index (χ0n) is 19.3. The minimum atomic E-state index is -4.60. The maximum atomic E-state index is 13.6. The van der Waals surface area contributed by atoms with Gasteiger partial charge in [0.15, 0.2) is 0 Å². The smallest absolute Gasteiger partial charge is 0.378 e. The van der Waals surface area contributed by atoms with E-state index in [0.29, 0.717) is 41.0 Å². The number of carbonyl (C=O) groups excluding carboxylic acids is 1. The first-order chi connectivity index (χ1) is 17.3. The molecule has 2 atom stereocenters. The number of pyridine rings is 2. The van der Waals surface area contributed by atoms with Crippen LogP contribution in [-0.4, -0.2) is 34.6 Å². The number of carbonyl (C=O) groups is 1. The molecule has 0 spiro atoms. The molecule has 9 heteroatoms. The summed E-state index contributed by atoms with van der Waals surface area (Å²) in [7, 11) is 0. The highest BCUT2D eigenvalue weighted by molar-refractivity contribution is 6.10. The van der Waals surface area contributed by atoms with E-state index in [1.165, 1.54) is 0 Å². The van der Waals surface area contributed by atoms with Gasteiger partial charge in [0, 0.05) is 41.1 Å². The number of ether oxygens (including phenoxy) is 1. The number of rotatable bonds is 7. The van der Waals surface area contributed by atoms with Gasteiger partial charge in [0.05, 0.1) is 11.8 Å². The molecule has 0 radical (unpaired) electrons. The summed E-state index contributed by atoms with van der Waals surface area (Å²) in [6.07, 6.45) is -2.91. The molecule has 2 aromatic heterocycles. The number of H-pyrrole nitrogens is 1. The molecular formula is C27H24F3N3O3. The van der Waals surface area contributed by atoms with Crippen molar-refractivity contribution in [1.29, 1.82) is 0 Å². The number of halogens is 3. The number of nitrogens with one attached hydrogen (secondary N) is 2. The summed E-state index contributed by atoms with van der Waals surface area (Å²) in [4.78, 5) is 32.0. The Kier molecular flexibility index (Phi) is 6.49. The van der Waals surface area contributed by atoms with Gasteiger partial charge in [-0.05, 0) is 49.1 Å². The van der Waals surface area contributed by atoms with E-state index in [1.807, 2.05) is 12.1 Å². The molecule has 3 heterocycles. The van der Waals surface area contributed by atoms with Crippen molar-refractivity contribution >= 4 is 39.0 Å². The van der Waals surface area contributed by atoms with Gasteiger partial charge in [-0.2, -0.15) is 13.2 Å². The molecule has 2 N–H and O–H groups in total. The highest BCUT2D eigenvalue weighted by Gasteiger charge is 2.45. The minimum Gasteiger partial charge on any atom is -0.378 e. The van der Waals surface area contributed by atoms with Crippen molar-refractivity contribution in [2.45, 2.75) is 38.0 Å². The van der Waals surface area contributed by atoms with E-state index in [-0.39, 0.29) is 18.4 Å². The second kappa shape index (κ2) is 9.73. The second-order valence-corrected chi connectivity index (χ2v) is 9.01. The van der Waals surface area contributed by atoms with Gasteiger partial charge in [-0.1, -0.05) is 30.3 Å². The van der Waals surface area contributed by atoms with Gasteiger partial charge >= 0.3 is 6.18 Å². The number of Topliss-reactive ketones (excluding diaryl/α,β-unsaturated/α-hetero) is 1. The van der Waals surface area contributed by atoms with E-state index in [9.17, 15) is 22.8 Å². The number of benzene rings is 2. The standard InChI is InChI=1S/C27H24F3N3O3/c28-27(29,30)21(15-18-4-3-13-36-18)23(34)14-16-7-9-17(10-8-16)32-22-11-12-31-25-24(22)19-5-1-2-6-20(19)26(35)33-25/h1-2,5-12,18,21H,3-4,13-15H2,(H2,31,32,33,35). The Bertz CT molecular complexity index is 1460. The van der Waals surface area contributed by atoms with Crippen LogP contribution in [0.2, 0.25) is 0 Å². The first kappa shape index (κ1) is 24.0. The SMILES string of the molecule is O=C(Cc1ccc(Nc2ccnc3[nH]c(=O)c4ccccc4c23)cc1)C(CC1CCCO1)C(F)(F)F. The van der Waals surface area contributed by atoms with Crippen LogP contribution in [0.4, 0.5) is 24.5 Å². The zero-order valence-corrected chi connectivity index (χ0v) is 19.3. The molecule has 1 aliphatic rings. The van der Waals surface area contributed by atoms with Gasteiger partial charge < -0.3 is 15.0 Å². The van der Waals surface area contributed by atoms with Crippen LogP contribution in [0.5, 0.6) is 0 Å². The zero-order chi connectivity index (χ0) is 25.3. The molecule has 0 aliphatic carbocycles. The minimum absolute atomic E-state index is 0.228. The molecule has 2 aromatic carbocycles. The molecule has 186 valence electrons. The topological polar surface area (TPSA) is 84.1 Å². The number of ketones is 1. The summed E-state index contributed by atoms with van der Waals surface area (Å²) in [6, 6.07) is 15.7. The van der Waals surface area contributed by atoms with Crippen LogP contribution >= 0.6 is 0 Å². The average molecular weight is 496 g/mol. The molecular weight excluding hydrogens is 471 g/mol. The lowest BCUT2D eigenvalue weighted by Crippen LogP contribution is -2.34. The number of aromatic nitrogens is 2. The number of aromatic amines is 1. The third-order valence-electron chi connectivity index (χ3n) is 6.54. The Morgan fingerprint density at radius 2 is 1.86 bits per heavy atom. The number of hydrogen-bond donors (Lipinski definition) is 2. The quantitative estimate of drug-likeness (QED) is 0.323. The van der Waals surface area contributed by atoms with Crippen LogP contribution in [-0.2, 0) is 16.0 Å². The van der Waals surface area contributed by atoms with Gasteiger partial charge in [0.2, 0.25) is 0 Å². The Balaban J connectivity index is 1.35. The second-order valence-electron chi connectivity index (χ2n) is 9.01. The molecule has 1 fully saturated rings. The van der Waals surface area contributed by atoms with E-state index in [0.717, 1.165) is 17.2 Å². The van der Waals surface area contributed by atoms with E-state index in [1.54, 1.807) is 48.7 Å². The fraction of sp³-hybridized carbons (Fsp3) is 0.296. The summed E-state index contributed by atoms with van der Waals surface area (Å²) >= 11 is 0. The van der Waals surface area contributed by atoms with E-state index < -0.39 is 24.0 Å². The van der Waals surface area contributed by atoms with Crippen LogP contribution in [0.15, 0.2) is 65.6 Å². The molecule has 6 nitrogen and oxygen atoms in total. The molecule has 1 saturated heterocycles. The van der Waals surface area contributed by atoms with Crippen LogP contribution in [0.25, 0.3) is 21.8 Å². The number of nitrogens with zero attached hydrogens (tertiary/aromatic N) is 1. The van der Waals surface area contributed by atoms with Gasteiger partial charge in [0.25, 0.3) is 5.56 Å². The number of fused-ring (bicyclic) bond motifs is 3. The fourth-order valence-corrected chi connectivity index (χ4v) is 4.73. The molecule has 0 bridgehead atoms. The molecule has 4 aromatic rings. The van der Waals surface area contributed by atoms with Crippen molar-refractivity contribution in [3.8, 4) is 0 Å². The van der Waals surface area contributed by atoms with Crippen LogP contribution in [0, 0.1) is 5.92 Å². The highest BCUT2D eigenvalue weighted by Crippen LogP contribution is 2.34. The van der Waals surface area contributed by atoms with Crippen LogP contribution in [0.1, 0.15) is 24.8 Å². The van der Waals surface area contributed by atoms with Crippen molar-refractivity contribution in [2.75, 3.05) is 11.9 Å². The monoisotopic (exact) mass is 495 g/mol. The lowest BCUT2D eigenvalue weighted by atomic mass is 9.91. The van der Waals surface area contributed by atoms with Crippen molar-refractivity contribution < 1.29 is 22.7 Å². The largest absolute Gasteiger partial charge is 0.398 e. The third-order valence-corrected chi connectivity index (χ3v) is 6.54. The Hall–Kier alpha value is -3.72. The first-order valence-electron chi connectivity index (χ1n) is 11.8. The van der Waals surface area contributed by atoms with Gasteiger partial charge in [-0.3, -0.25) is 9.59 Å². The summed E-state index contributed by atoms with van der Waals surface area (Å²) < 4.78 is 46.1. The van der Waals surface area contributed by atoms with Gasteiger partial charge in [-0.25, -0.2) is 4.98 Å². The Morgan fingerprint density at radius 1 is 1.11 bits per heavy atom. The van der Waals surface area contributed by atoms with E-state index >= 15 is 0 Å². The van der Waals surface area contributed by atoms with Crippen molar-refractivity contribution in [2.24, 2.45) is 5.92 Å². The molecule has 0 amide bonds. The third kappa shape index (κ3) is 4.97. The van der Waals surface area contributed by atoms with Crippen molar-refractivity contribution in [3.63, 3.8) is 0 Å². The van der Waals surface area contributed by atoms with Crippen molar-refractivity contribution in [1.82, 2.24) is 9.97 Å². The summed E-state index contributed by atoms with van der Waals surface area (Å²) in [5, 5.41) is 5.32. The Morgan fingerprint density at radius 3 is 2.56 bits per heavy atom. The highest BCUT2D eigenvalue weighted by atomic mass is 19.4. The number of anilines is 2. The average Bonchev–Trinajstić information content (AvgIpc) is 3.37. The normalized spacial score (nSPS) is 16.9. The summed E-state index contributed by atoms with van der Waals surface area (Å²) in [5.74, 6) is -2.88. The molecule has 36 heavy (non-hydrogen) atoms. The summed E-state index contributed by atoms with van der Waals surface area (Å²) in [6.45, 7) is 0.441. The van der Waals surface area contributed by atoms with Crippen LogP contribution in [0.3, 0.4) is 0 Å². The van der Waals surface area contributed by atoms with Crippen molar-refractivity contribution in [3.05, 3.63) is 76.7 Å². The Labute approximate surface area is 204 Å². The van der Waals surface area contributed by atoms with Gasteiger partial charge in [-0.15, -0.1) is 0 Å². The van der Waals surface area contributed by atoms with E-state index in [2.05, 4.69) is 15.3 Å². The lowest BCUT2D eigenvalue weighted by molar-refractivity contribution is -0.186. The summed E-state index contributed by atoms with van der Waals surface area (Å²) in [5.41, 5.74) is 2.11. The maximum Gasteiger partial charge on any atom is 0.398 e. The van der Waals surface area contributed by atoms with E-state index in [4.69, 9.17) is 4.74 Å². The number of hydrogen-bond acceptors (Lipinski definition) is 5. The molecule has 1 aliphatic heterocycles. The lowest BCUT2D eigenvalue weighted by Gasteiger charge is -2.22. The maximum absolute atomic E-state index is 13.6. The van der Waals surface area contributed by atoms with Gasteiger partial charge in [0.1, 0.15) is 17.3 Å². The fourth-order valence-electron chi connectivity index (χ4n) is 4.73. The molecule has 5 rings (SSSR count). The van der Waals surface area contributed by atoms with Crippen LogP contribution < -0.4 is 10.9 Å². The molecule has 2 unspecified atom stereocenters. The molecule has 0 saturated carbocycles. The predicted octanol–water partition coefficient (Wildman–Crippen LogP) is 5.68.